The third-order valence-electron chi connectivity index (χ3n) is 4.70. The first-order valence-corrected chi connectivity index (χ1v) is 9.77. The van der Waals surface area contributed by atoms with Crippen LogP contribution in [0.15, 0.2) is 23.6 Å². The Labute approximate surface area is 156 Å². The summed E-state index contributed by atoms with van der Waals surface area (Å²) in [5, 5.41) is 9.38. The standard InChI is InChI=1S/C19H23F2N3OS/c1-12-23-14(11-26-12)3-2-4-19(25)24-18-10-22-8-7-15(18)13-5-6-16(20)17(21)9-13/h5-6,9,11,15,18,22H,2-4,7-8,10H2,1H3,(H,24,25). The van der Waals surface area contributed by atoms with Crippen molar-refractivity contribution in [3.05, 3.63) is 51.5 Å². The highest BCUT2D eigenvalue weighted by Crippen LogP contribution is 2.27. The molecule has 2 atom stereocenters. The van der Waals surface area contributed by atoms with Crippen molar-refractivity contribution in [2.45, 2.75) is 44.6 Å². The van der Waals surface area contributed by atoms with Crippen LogP contribution in [0.25, 0.3) is 0 Å². The fourth-order valence-electron chi connectivity index (χ4n) is 3.38. The maximum Gasteiger partial charge on any atom is 0.220 e. The van der Waals surface area contributed by atoms with E-state index >= 15 is 0 Å². The number of nitrogens with one attached hydrogen (secondary N) is 2. The predicted molar refractivity (Wildman–Crippen MR) is 98.3 cm³/mol. The second kappa shape index (κ2) is 8.68. The third-order valence-corrected chi connectivity index (χ3v) is 5.53. The first-order chi connectivity index (χ1) is 12.5. The number of carbonyl (C=O) groups is 1. The van der Waals surface area contributed by atoms with E-state index in [2.05, 4.69) is 15.6 Å². The van der Waals surface area contributed by atoms with Crippen molar-refractivity contribution in [1.82, 2.24) is 15.6 Å². The first-order valence-electron chi connectivity index (χ1n) is 8.89. The van der Waals surface area contributed by atoms with E-state index in [9.17, 15) is 13.6 Å². The number of amides is 1. The highest BCUT2D eigenvalue weighted by atomic mass is 32.1. The molecule has 0 aliphatic carbocycles. The second-order valence-corrected chi connectivity index (χ2v) is 7.72. The van der Waals surface area contributed by atoms with E-state index < -0.39 is 11.6 Å². The van der Waals surface area contributed by atoms with Crippen LogP contribution in [0.1, 0.15) is 41.4 Å². The van der Waals surface area contributed by atoms with E-state index in [1.165, 1.54) is 6.07 Å². The van der Waals surface area contributed by atoms with Gasteiger partial charge in [0.15, 0.2) is 11.6 Å². The number of aromatic nitrogens is 1. The Balaban J connectivity index is 1.55. The number of carbonyl (C=O) groups excluding carboxylic acids is 1. The summed E-state index contributed by atoms with van der Waals surface area (Å²) in [5.41, 5.74) is 1.76. The molecule has 26 heavy (non-hydrogen) atoms. The third kappa shape index (κ3) is 4.86. The molecule has 2 unspecified atom stereocenters. The summed E-state index contributed by atoms with van der Waals surface area (Å²) in [7, 11) is 0. The topological polar surface area (TPSA) is 54.0 Å². The van der Waals surface area contributed by atoms with Gasteiger partial charge in [-0.15, -0.1) is 11.3 Å². The van der Waals surface area contributed by atoms with Crippen molar-refractivity contribution in [3.63, 3.8) is 0 Å². The Morgan fingerprint density at radius 1 is 1.38 bits per heavy atom. The maximum atomic E-state index is 13.6. The Hall–Kier alpha value is -1.86. The molecule has 0 saturated carbocycles. The zero-order valence-electron chi connectivity index (χ0n) is 14.7. The molecule has 0 spiro atoms. The molecule has 0 radical (unpaired) electrons. The lowest BCUT2D eigenvalue weighted by atomic mass is 9.86. The first kappa shape index (κ1) is 18.9. The Morgan fingerprint density at radius 3 is 2.96 bits per heavy atom. The molecule has 4 nitrogen and oxygen atoms in total. The largest absolute Gasteiger partial charge is 0.351 e. The normalized spacial score (nSPS) is 20.1. The van der Waals surface area contributed by atoms with Gasteiger partial charge >= 0.3 is 0 Å². The monoisotopic (exact) mass is 379 g/mol. The van der Waals surface area contributed by atoms with Gasteiger partial charge in [0.1, 0.15) is 0 Å². The van der Waals surface area contributed by atoms with Crippen LogP contribution in [0.4, 0.5) is 8.78 Å². The SMILES string of the molecule is Cc1nc(CCCC(=O)NC2CNCCC2c2ccc(F)c(F)c2)cs1. The Kier molecular flexibility index (Phi) is 6.32. The van der Waals surface area contributed by atoms with E-state index in [1.807, 2.05) is 12.3 Å². The van der Waals surface area contributed by atoms with Crippen LogP contribution in [-0.4, -0.2) is 30.0 Å². The van der Waals surface area contributed by atoms with E-state index in [0.29, 0.717) is 13.0 Å². The van der Waals surface area contributed by atoms with Gasteiger partial charge in [0, 0.05) is 30.3 Å². The van der Waals surface area contributed by atoms with Gasteiger partial charge in [-0.3, -0.25) is 4.79 Å². The van der Waals surface area contributed by atoms with E-state index in [-0.39, 0.29) is 17.9 Å². The molecule has 0 bridgehead atoms. The van der Waals surface area contributed by atoms with Gasteiger partial charge in [0.05, 0.1) is 10.7 Å². The minimum atomic E-state index is -0.847. The number of hydrogen-bond donors (Lipinski definition) is 2. The molecule has 2 N–H and O–H groups in total. The molecule has 1 aliphatic heterocycles. The summed E-state index contributed by atoms with van der Waals surface area (Å²) < 4.78 is 26.8. The Morgan fingerprint density at radius 2 is 2.23 bits per heavy atom. The van der Waals surface area contributed by atoms with Crippen LogP contribution in [0.3, 0.4) is 0 Å². The highest BCUT2D eigenvalue weighted by molar-refractivity contribution is 7.09. The fourth-order valence-corrected chi connectivity index (χ4v) is 4.03. The van der Waals surface area contributed by atoms with Gasteiger partial charge in [-0.25, -0.2) is 13.8 Å². The molecule has 1 fully saturated rings. The maximum absolute atomic E-state index is 13.6. The second-order valence-electron chi connectivity index (χ2n) is 6.66. The summed E-state index contributed by atoms with van der Waals surface area (Å²) in [4.78, 5) is 16.7. The van der Waals surface area contributed by atoms with Gasteiger partial charge in [-0.05, 0) is 50.4 Å². The smallest absolute Gasteiger partial charge is 0.220 e. The van der Waals surface area contributed by atoms with Gasteiger partial charge in [0.2, 0.25) is 5.91 Å². The average Bonchev–Trinajstić information content (AvgIpc) is 3.03. The fraction of sp³-hybridized carbons (Fsp3) is 0.474. The minimum Gasteiger partial charge on any atom is -0.351 e. The van der Waals surface area contributed by atoms with Crippen LogP contribution < -0.4 is 10.6 Å². The number of halogens is 2. The predicted octanol–water partition coefficient (Wildman–Crippen LogP) is 3.31. The van der Waals surface area contributed by atoms with E-state index in [4.69, 9.17) is 0 Å². The molecule has 2 heterocycles. The molecular weight excluding hydrogens is 356 g/mol. The molecule has 3 rings (SSSR count). The van der Waals surface area contributed by atoms with Crippen LogP contribution in [0.2, 0.25) is 0 Å². The summed E-state index contributed by atoms with van der Waals surface area (Å²) in [6.07, 6.45) is 2.73. The van der Waals surface area contributed by atoms with Crippen molar-refractivity contribution in [2.75, 3.05) is 13.1 Å². The van der Waals surface area contributed by atoms with Gasteiger partial charge in [0.25, 0.3) is 0 Å². The summed E-state index contributed by atoms with van der Waals surface area (Å²) in [6.45, 7) is 3.38. The summed E-state index contributed by atoms with van der Waals surface area (Å²) >= 11 is 1.61. The number of thiazole rings is 1. The van der Waals surface area contributed by atoms with E-state index in [0.717, 1.165) is 48.1 Å². The molecular formula is C19H23F2N3OS. The molecule has 140 valence electrons. The van der Waals surface area contributed by atoms with Crippen LogP contribution in [0, 0.1) is 18.6 Å². The molecule has 1 aromatic carbocycles. The molecule has 1 aromatic heterocycles. The van der Waals surface area contributed by atoms with Gasteiger partial charge in [-0.1, -0.05) is 6.07 Å². The molecule has 1 amide bonds. The Bertz CT molecular complexity index is 765. The van der Waals surface area contributed by atoms with E-state index in [1.54, 1.807) is 17.4 Å². The van der Waals surface area contributed by atoms with Gasteiger partial charge < -0.3 is 10.6 Å². The quantitative estimate of drug-likeness (QED) is 0.810. The minimum absolute atomic E-state index is 0.0155. The van der Waals surface area contributed by atoms with Crippen LogP contribution >= 0.6 is 11.3 Å². The number of rotatable bonds is 6. The highest BCUT2D eigenvalue weighted by Gasteiger charge is 2.28. The lowest BCUT2D eigenvalue weighted by molar-refractivity contribution is -0.122. The van der Waals surface area contributed by atoms with Crippen molar-refractivity contribution in [1.29, 1.82) is 0 Å². The molecule has 1 aliphatic rings. The van der Waals surface area contributed by atoms with Gasteiger partial charge in [-0.2, -0.15) is 0 Å². The van der Waals surface area contributed by atoms with Crippen molar-refractivity contribution >= 4 is 17.2 Å². The van der Waals surface area contributed by atoms with Crippen LogP contribution in [-0.2, 0) is 11.2 Å². The van der Waals surface area contributed by atoms with Crippen LogP contribution in [0.5, 0.6) is 0 Å². The number of piperidine rings is 1. The number of aryl methyl sites for hydroxylation is 2. The number of nitrogens with zero attached hydrogens (tertiary/aromatic N) is 1. The summed E-state index contributed by atoms with van der Waals surface area (Å²) in [5.74, 6) is -1.72. The summed E-state index contributed by atoms with van der Waals surface area (Å²) in [6, 6.07) is 3.89. The van der Waals surface area contributed by atoms with Crippen molar-refractivity contribution < 1.29 is 13.6 Å². The molecule has 2 aromatic rings. The lowest BCUT2D eigenvalue weighted by Gasteiger charge is -2.33. The zero-order chi connectivity index (χ0) is 18.5. The lowest BCUT2D eigenvalue weighted by Crippen LogP contribution is -2.50. The number of hydrogen-bond acceptors (Lipinski definition) is 4. The molecule has 1 saturated heterocycles. The van der Waals surface area contributed by atoms with Crippen molar-refractivity contribution in [2.24, 2.45) is 0 Å². The molecule has 7 heteroatoms. The zero-order valence-corrected chi connectivity index (χ0v) is 15.5. The number of benzene rings is 1. The average molecular weight is 379 g/mol. The van der Waals surface area contributed by atoms with Crippen molar-refractivity contribution in [3.8, 4) is 0 Å².